The second-order valence-electron chi connectivity index (χ2n) is 6.13. The Labute approximate surface area is 144 Å². The molecule has 4 heteroatoms. The molecule has 4 nitrogen and oxygen atoms in total. The Bertz CT molecular complexity index is 691. The van der Waals surface area contributed by atoms with Crippen molar-refractivity contribution in [3.05, 3.63) is 53.3 Å². The van der Waals surface area contributed by atoms with Gasteiger partial charge in [0.25, 0.3) is 5.91 Å². The van der Waals surface area contributed by atoms with Gasteiger partial charge in [0.15, 0.2) is 0 Å². The number of anilines is 2. The molecule has 1 amide bonds. The molecule has 0 aliphatic rings. The van der Waals surface area contributed by atoms with E-state index in [9.17, 15) is 4.79 Å². The minimum atomic E-state index is 0.0517. The Morgan fingerprint density at radius 2 is 1.83 bits per heavy atom. The van der Waals surface area contributed by atoms with Crippen LogP contribution in [0.25, 0.3) is 0 Å². The van der Waals surface area contributed by atoms with Crippen LogP contribution in [-0.2, 0) is 0 Å². The SMILES string of the molecule is CCCN(CCC)C(=O)c1cncc(Nc2cccc(C)c2C)c1. The molecule has 0 spiro atoms. The van der Waals surface area contributed by atoms with Crippen LogP contribution in [0.3, 0.4) is 0 Å². The lowest BCUT2D eigenvalue weighted by Crippen LogP contribution is -2.32. The first-order valence-electron chi connectivity index (χ1n) is 8.64. The van der Waals surface area contributed by atoms with Crippen LogP contribution in [0, 0.1) is 13.8 Å². The smallest absolute Gasteiger partial charge is 0.255 e. The minimum absolute atomic E-state index is 0.0517. The van der Waals surface area contributed by atoms with Gasteiger partial charge >= 0.3 is 0 Å². The number of nitrogens with zero attached hydrogens (tertiary/aromatic N) is 2. The normalized spacial score (nSPS) is 10.5. The summed E-state index contributed by atoms with van der Waals surface area (Å²) in [5.74, 6) is 0.0517. The summed E-state index contributed by atoms with van der Waals surface area (Å²) in [6, 6.07) is 8.04. The zero-order chi connectivity index (χ0) is 17.5. The highest BCUT2D eigenvalue weighted by Crippen LogP contribution is 2.23. The summed E-state index contributed by atoms with van der Waals surface area (Å²) in [5, 5.41) is 3.38. The lowest BCUT2D eigenvalue weighted by Gasteiger charge is -2.21. The van der Waals surface area contributed by atoms with Crippen LogP contribution in [0.1, 0.15) is 48.2 Å². The highest BCUT2D eigenvalue weighted by atomic mass is 16.2. The van der Waals surface area contributed by atoms with Gasteiger partial charge in [-0.05, 0) is 49.9 Å². The van der Waals surface area contributed by atoms with E-state index in [0.29, 0.717) is 5.56 Å². The Morgan fingerprint density at radius 1 is 1.12 bits per heavy atom. The van der Waals surface area contributed by atoms with Gasteiger partial charge in [0.2, 0.25) is 0 Å². The van der Waals surface area contributed by atoms with Gasteiger partial charge in [0.1, 0.15) is 0 Å². The van der Waals surface area contributed by atoms with E-state index in [1.54, 1.807) is 12.4 Å². The Morgan fingerprint density at radius 3 is 2.50 bits per heavy atom. The van der Waals surface area contributed by atoms with Crippen molar-refractivity contribution in [1.82, 2.24) is 9.88 Å². The number of carbonyl (C=O) groups excluding carboxylic acids is 1. The zero-order valence-corrected chi connectivity index (χ0v) is 15.1. The molecule has 1 aromatic carbocycles. The standard InChI is InChI=1S/C20H27N3O/c1-5-10-23(11-6-2)20(24)17-12-18(14-21-13-17)22-19-9-7-8-15(3)16(19)4/h7-9,12-14,22H,5-6,10-11H2,1-4H3. The van der Waals surface area contributed by atoms with E-state index in [-0.39, 0.29) is 5.91 Å². The lowest BCUT2D eigenvalue weighted by molar-refractivity contribution is 0.0755. The molecule has 1 N–H and O–H groups in total. The average molecular weight is 325 g/mol. The molecule has 0 unspecified atom stereocenters. The fourth-order valence-corrected chi connectivity index (χ4v) is 2.70. The van der Waals surface area contributed by atoms with Crippen molar-refractivity contribution in [1.29, 1.82) is 0 Å². The molecule has 0 saturated carbocycles. The maximum absolute atomic E-state index is 12.7. The lowest BCUT2D eigenvalue weighted by atomic mass is 10.1. The number of aromatic nitrogens is 1. The largest absolute Gasteiger partial charge is 0.354 e. The third-order valence-corrected chi connectivity index (χ3v) is 4.14. The van der Waals surface area contributed by atoms with Gasteiger partial charge < -0.3 is 10.2 Å². The molecule has 0 radical (unpaired) electrons. The van der Waals surface area contributed by atoms with Gasteiger partial charge in [0, 0.05) is 25.0 Å². The Balaban J connectivity index is 2.22. The summed E-state index contributed by atoms with van der Waals surface area (Å²) >= 11 is 0. The van der Waals surface area contributed by atoms with E-state index in [1.165, 1.54) is 11.1 Å². The molecule has 0 aliphatic carbocycles. The number of nitrogens with one attached hydrogen (secondary N) is 1. The molecule has 2 aromatic rings. The van der Waals surface area contributed by atoms with Gasteiger partial charge in [-0.3, -0.25) is 9.78 Å². The third kappa shape index (κ3) is 4.34. The molecule has 128 valence electrons. The highest BCUT2D eigenvalue weighted by Gasteiger charge is 2.15. The van der Waals surface area contributed by atoms with Crippen molar-refractivity contribution in [3.63, 3.8) is 0 Å². The van der Waals surface area contributed by atoms with Crippen LogP contribution in [0.15, 0.2) is 36.7 Å². The van der Waals surface area contributed by atoms with Crippen molar-refractivity contribution >= 4 is 17.3 Å². The van der Waals surface area contributed by atoms with E-state index < -0.39 is 0 Å². The second-order valence-corrected chi connectivity index (χ2v) is 6.13. The number of benzene rings is 1. The van der Waals surface area contributed by atoms with Crippen molar-refractivity contribution < 1.29 is 4.79 Å². The van der Waals surface area contributed by atoms with Crippen molar-refractivity contribution in [2.24, 2.45) is 0 Å². The number of rotatable bonds is 7. The molecule has 0 saturated heterocycles. The number of aryl methyl sites for hydroxylation is 1. The predicted octanol–water partition coefficient (Wildman–Crippen LogP) is 4.70. The number of pyridine rings is 1. The third-order valence-electron chi connectivity index (χ3n) is 4.14. The monoisotopic (exact) mass is 325 g/mol. The van der Waals surface area contributed by atoms with Crippen LogP contribution < -0.4 is 5.32 Å². The van der Waals surface area contributed by atoms with Crippen LogP contribution in [0.4, 0.5) is 11.4 Å². The number of carbonyl (C=O) groups is 1. The first-order chi connectivity index (χ1) is 11.6. The number of hydrogen-bond acceptors (Lipinski definition) is 3. The van der Waals surface area contributed by atoms with Crippen molar-refractivity contribution in [2.75, 3.05) is 18.4 Å². The molecule has 2 rings (SSSR count). The topological polar surface area (TPSA) is 45.2 Å². The first kappa shape index (κ1) is 18.0. The maximum Gasteiger partial charge on any atom is 0.255 e. The fraction of sp³-hybridized carbons (Fsp3) is 0.400. The first-order valence-corrected chi connectivity index (χ1v) is 8.64. The van der Waals surface area contributed by atoms with Crippen molar-refractivity contribution in [2.45, 2.75) is 40.5 Å². The van der Waals surface area contributed by atoms with Gasteiger partial charge in [0.05, 0.1) is 17.4 Å². The summed E-state index contributed by atoms with van der Waals surface area (Å²) in [6.07, 6.45) is 5.32. The van der Waals surface area contributed by atoms with Gasteiger partial charge in [-0.2, -0.15) is 0 Å². The van der Waals surface area contributed by atoms with E-state index in [1.807, 2.05) is 23.1 Å². The molecule has 0 bridgehead atoms. The Hall–Kier alpha value is -2.36. The number of amides is 1. The van der Waals surface area contributed by atoms with E-state index in [4.69, 9.17) is 0 Å². The molecular formula is C20H27N3O. The van der Waals surface area contributed by atoms with Gasteiger partial charge in [-0.25, -0.2) is 0 Å². The van der Waals surface area contributed by atoms with E-state index in [0.717, 1.165) is 37.3 Å². The molecular weight excluding hydrogens is 298 g/mol. The molecule has 1 heterocycles. The summed E-state index contributed by atoms with van der Waals surface area (Å²) in [5.41, 5.74) is 4.94. The molecule has 0 atom stereocenters. The minimum Gasteiger partial charge on any atom is -0.354 e. The summed E-state index contributed by atoms with van der Waals surface area (Å²) in [4.78, 5) is 18.9. The molecule has 0 aliphatic heterocycles. The van der Waals surface area contributed by atoms with Crippen LogP contribution in [0.5, 0.6) is 0 Å². The summed E-state index contributed by atoms with van der Waals surface area (Å²) < 4.78 is 0. The highest BCUT2D eigenvalue weighted by molar-refractivity contribution is 5.95. The fourth-order valence-electron chi connectivity index (χ4n) is 2.70. The van der Waals surface area contributed by atoms with Crippen LogP contribution >= 0.6 is 0 Å². The van der Waals surface area contributed by atoms with E-state index in [2.05, 4.69) is 44.1 Å². The molecule has 24 heavy (non-hydrogen) atoms. The second kappa shape index (κ2) is 8.48. The zero-order valence-electron chi connectivity index (χ0n) is 15.1. The van der Waals surface area contributed by atoms with Crippen LogP contribution in [0.2, 0.25) is 0 Å². The average Bonchev–Trinajstić information content (AvgIpc) is 2.58. The van der Waals surface area contributed by atoms with E-state index >= 15 is 0 Å². The van der Waals surface area contributed by atoms with Gasteiger partial charge in [-0.1, -0.05) is 26.0 Å². The number of hydrogen-bond donors (Lipinski definition) is 1. The molecule has 1 aromatic heterocycles. The van der Waals surface area contributed by atoms with Gasteiger partial charge in [-0.15, -0.1) is 0 Å². The Kier molecular flexibility index (Phi) is 6.36. The summed E-state index contributed by atoms with van der Waals surface area (Å²) in [7, 11) is 0. The van der Waals surface area contributed by atoms with Crippen LogP contribution in [-0.4, -0.2) is 28.9 Å². The quantitative estimate of drug-likeness (QED) is 0.802. The van der Waals surface area contributed by atoms with Crippen molar-refractivity contribution in [3.8, 4) is 0 Å². The predicted molar refractivity (Wildman–Crippen MR) is 99.9 cm³/mol. The molecule has 0 fully saturated rings. The summed E-state index contributed by atoms with van der Waals surface area (Å²) in [6.45, 7) is 9.92. The maximum atomic E-state index is 12.7.